The van der Waals surface area contributed by atoms with Crippen molar-refractivity contribution in [2.75, 3.05) is 62.4 Å². The number of anilines is 2. The molecule has 0 aromatic heterocycles. The topological polar surface area (TPSA) is 187 Å². The highest BCUT2D eigenvalue weighted by Gasteiger charge is 2.23. The van der Waals surface area contributed by atoms with E-state index in [4.69, 9.17) is 9.47 Å². The molecule has 4 atom stereocenters. The van der Waals surface area contributed by atoms with Crippen molar-refractivity contribution in [3.63, 3.8) is 0 Å². The monoisotopic (exact) mass is 554 g/mol. The lowest BCUT2D eigenvalue weighted by Crippen LogP contribution is -2.40. The van der Waals surface area contributed by atoms with Gasteiger partial charge >= 0.3 is 0 Å². The Bertz CT molecular complexity index is 845. The Morgan fingerprint density at radius 1 is 0.538 bits per heavy atom. The van der Waals surface area contributed by atoms with Crippen LogP contribution in [0.3, 0.4) is 0 Å². The molecule has 8 N–H and O–H groups in total. The Balaban J connectivity index is 2.08. The second-order valence-corrected chi connectivity index (χ2v) is 9.75. The van der Waals surface area contributed by atoms with E-state index in [0.29, 0.717) is 22.9 Å². The van der Waals surface area contributed by atoms with E-state index in [1.54, 1.807) is 72.2 Å². The van der Waals surface area contributed by atoms with Gasteiger partial charge in [-0.15, -0.1) is 0 Å². The molecular formula is C27H42N2O10. The molecule has 2 aromatic rings. The van der Waals surface area contributed by atoms with E-state index in [1.807, 2.05) is 0 Å². The molecule has 2 rings (SSSR count). The highest BCUT2D eigenvalue weighted by Crippen LogP contribution is 2.27. The highest BCUT2D eigenvalue weighted by molar-refractivity contribution is 5.50. The van der Waals surface area contributed by atoms with Crippen LogP contribution in [0.25, 0.3) is 0 Å². The molecular weight excluding hydrogens is 512 g/mol. The van der Waals surface area contributed by atoms with Gasteiger partial charge < -0.3 is 60.1 Å². The number of aliphatic hydroxyl groups excluding tert-OH is 8. The first-order chi connectivity index (χ1) is 18.5. The Hall–Kier alpha value is -2.68. The molecule has 0 aliphatic carbocycles. The molecule has 0 saturated carbocycles. The van der Waals surface area contributed by atoms with Gasteiger partial charge in [0.05, 0.1) is 50.8 Å². The fraction of sp³-hybridized carbons (Fsp3) is 0.556. The van der Waals surface area contributed by atoms with Crippen molar-refractivity contribution < 1.29 is 50.3 Å². The van der Waals surface area contributed by atoms with Crippen LogP contribution in [0.5, 0.6) is 11.5 Å². The van der Waals surface area contributed by atoms with E-state index in [1.165, 1.54) is 0 Å². The van der Waals surface area contributed by atoms with Crippen molar-refractivity contribution in [3.05, 3.63) is 48.5 Å². The minimum Gasteiger partial charge on any atom is -0.453 e. The first kappa shape index (κ1) is 32.5. The molecule has 0 bridgehead atoms. The second kappa shape index (κ2) is 15.8. The molecule has 0 aliphatic heterocycles. The molecule has 0 amide bonds. The molecule has 0 fully saturated rings. The molecule has 12 nitrogen and oxygen atoms in total. The number of aliphatic hydroxyl groups is 8. The predicted molar refractivity (Wildman–Crippen MR) is 145 cm³/mol. The van der Waals surface area contributed by atoms with E-state index >= 15 is 0 Å². The lowest BCUT2D eigenvalue weighted by Gasteiger charge is -2.30. The summed E-state index contributed by atoms with van der Waals surface area (Å²) in [6.45, 7) is 1.97. The summed E-state index contributed by atoms with van der Waals surface area (Å²) in [4.78, 5) is 3.30. The number of ether oxygens (including phenoxy) is 2. The van der Waals surface area contributed by atoms with Crippen LogP contribution < -0.4 is 19.3 Å². The number of nitrogens with zero attached hydrogens (tertiary/aromatic N) is 2. The molecule has 39 heavy (non-hydrogen) atoms. The van der Waals surface area contributed by atoms with Crippen LogP contribution in [0, 0.1) is 0 Å². The van der Waals surface area contributed by atoms with Crippen molar-refractivity contribution in [2.24, 2.45) is 0 Å². The minimum atomic E-state index is -1.08. The molecule has 0 aliphatic rings. The van der Waals surface area contributed by atoms with Crippen LogP contribution in [-0.2, 0) is 0 Å². The summed E-state index contributed by atoms with van der Waals surface area (Å²) in [5, 5.41) is 76.1. The van der Waals surface area contributed by atoms with Crippen LogP contribution in [0.4, 0.5) is 11.4 Å². The quantitative estimate of drug-likeness (QED) is 0.104. The maximum absolute atomic E-state index is 9.85. The Kier molecular flexibility index (Phi) is 13.2. The largest absolute Gasteiger partial charge is 0.453 e. The maximum atomic E-state index is 9.85. The van der Waals surface area contributed by atoms with Crippen LogP contribution in [-0.4, -0.2) is 124 Å². The summed E-state index contributed by atoms with van der Waals surface area (Å²) < 4.78 is 12.0. The van der Waals surface area contributed by atoms with Gasteiger partial charge in [-0.3, -0.25) is 0 Å². The van der Waals surface area contributed by atoms with Crippen LogP contribution in [0.2, 0.25) is 0 Å². The van der Waals surface area contributed by atoms with E-state index in [9.17, 15) is 40.9 Å². The van der Waals surface area contributed by atoms with Gasteiger partial charge in [0.1, 0.15) is 11.5 Å². The second-order valence-electron chi connectivity index (χ2n) is 9.75. The van der Waals surface area contributed by atoms with Gasteiger partial charge in [0.15, 0.2) is 0 Å². The number of benzene rings is 2. The third-order valence-corrected chi connectivity index (χ3v) is 5.70. The molecule has 12 heteroatoms. The summed E-state index contributed by atoms with van der Waals surface area (Å²) in [5.74, 6) is -0.0938. The molecule has 2 aromatic carbocycles. The van der Waals surface area contributed by atoms with E-state index < -0.39 is 56.6 Å². The average molecular weight is 555 g/mol. The van der Waals surface area contributed by atoms with Crippen LogP contribution in [0.1, 0.15) is 13.8 Å². The summed E-state index contributed by atoms with van der Waals surface area (Å²) in [5.41, 5.74) is 1.30. The number of hydrogen-bond acceptors (Lipinski definition) is 12. The first-order valence-corrected chi connectivity index (χ1v) is 12.7. The molecule has 4 unspecified atom stereocenters. The van der Waals surface area contributed by atoms with E-state index in [2.05, 4.69) is 0 Å². The van der Waals surface area contributed by atoms with Crippen molar-refractivity contribution in [1.82, 2.24) is 0 Å². The summed E-state index contributed by atoms with van der Waals surface area (Å²) >= 11 is 0. The lowest BCUT2D eigenvalue weighted by molar-refractivity contribution is -0.0809. The van der Waals surface area contributed by atoms with Crippen molar-refractivity contribution in [1.29, 1.82) is 0 Å². The van der Waals surface area contributed by atoms with Gasteiger partial charge in [0.2, 0.25) is 5.79 Å². The zero-order valence-corrected chi connectivity index (χ0v) is 22.4. The minimum absolute atomic E-state index is 0.0632. The highest BCUT2D eigenvalue weighted by atomic mass is 16.7. The van der Waals surface area contributed by atoms with Crippen LogP contribution in [0.15, 0.2) is 48.5 Å². The van der Waals surface area contributed by atoms with Gasteiger partial charge in [-0.1, -0.05) is 0 Å². The summed E-state index contributed by atoms with van der Waals surface area (Å²) in [6.07, 6.45) is -4.07. The zero-order valence-electron chi connectivity index (χ0n) is 22.4. The van der Waals surface area contributed by atoms with Crippen LogP contribution >= 0.6 is 0 Å². The summed E-state index contributed by atoms with van der Waals surface area (Å²) in [6, 6.07) is 13.7. The first-order valence-electron chi connectivity index (χ1n) is 12.7. The zero-order chi connectivity index (χ0) is 29.0. The van der Waals surface area contributed by atoms with Gasteiger partial charge in [0, 0.05) is 51.4 Å². The number of hydrogen-bond donors (Lipinski definition) is 8. The molecule has 0 heterocycles. The third kappa shape index (κ3) is 11.1. The predicted octanol–water partition coefficient (Wildman–Crippen LogP) is -1.09. The molecule has 0 radical (unpaired) electrons. The van der Waals surface area contributed by atoms with Gasteiger partial charge in [-0.2, -0.15) is 0 Å². The SMILES string of the molecule is CC(C)(Oc1ccc(N(CC(O)CO)CC(O)CO)cc1)Oc1ccc(N(CC(O)CO)CC(O)CO)cc1. The standard InChI is InChI=1S/C27H42N2O10/c1-27(2,38-25-7-3-19(4-8-25)28(11-21(34)15-30)12-22(35)16-31)39-26-9-5-20(6-10-26)29(13-23(36)17-32)14-24(37)18-33/h3-10,21-24,30-37H,11-18H2,1-2H3. The van der Waals surface area contributed by atoms with Gasteiger partial charge in [0.25, 0.3) is 0 Å². The van der Waals surface area contributed by atoms with E-state index in [-0.39, 0.29) is 26.2 Å². The van der Waals surface area contributed by atoms with Crippen molar-refractivity contribution >= 4 is 11.4 Å². The Morgan fingerprint density at radius 2 is 0.795 bits per heavy atom. The Morgan fingerprint density at radius 3 is 1.03 bits per heavy atom. The third-order valence-electron chi connectivity index (χ3n) is 5.70. The molecule has 220 valence electrons. The lowest BCUT2D eigenvalue weighted by atomic mass is 10.2. The maximum Gasteiger partial charge on any atom is 0.245 e. The smallest absolute Gasteiger partial charge is 0.245 e. The fourth-order valence-electron chi connectivity index (χ4n) is 3.86. The Labute approximate surface area is 228 Å². The normalized spacial score (nSPS) is 14.8. The van der Waals surface area contributed by atoms with Crippen molar-refractivity contribution in [2.45, 2.75) is 44.1 Å². The number of rotatable bonds is 18. The molecule has 0 saturated heterocycles. The van der Waals surface area contributed by atoms with Gasteiger partial charge in [-0.05, 0) is 48.5 Å². The molecule has 0 spiro atoms. The summed E-state index contributed by atoms with van der Waals surface area (Å²) in [7, 11) is 0. The van der Waals surface area contributed by atoms with E-state index in [0.717, 1.165) is 0 Å². The fourth-order valence-corrected chi connectivity index (χ4v) is 3.86. The van der Waals surface area contributed by atoms with Gasteiger partial charge in [-0.25, -0.2) is 0 Å². The van der Waals surface area contributed by atoms with Crippen molar-refractivity contribution in [3.8, 4) is 11.5 Å². The average Bonchev–Trinajstić information content (AvgIpc) is 2.92.